The Morgan fingerprint density at radius 2 is 2.19 bits per heavy atom. The average molecular weight is 435 g/mol. The molecule has 10 heteroatoms. The summed E-state index contributed by atoms with van der Waals surface area (Å²) >= 11 is 0. The molecule has 164 valence electrons. The summed E-state index contributed by atoms with van der Waals surface area (Å²) in [5, 5.41) is 8.70. The molecule has 0 radical (unpaired) electrons. The van der Waals surface area contributed by atoms with Crippen molar-refractivity contribution < 1.29 is 13.9 Å². The maximum atomic E-state index is 13.5. The minimum atomic E-state index is -0.845. The van der Waals surface area contributed by atoms with Crippen LogP contribution in [-0.2, 0) is 13.5 Å². The van der Waals surface area contributed by atoms with Crippen molar-refractivity contribution in [3.05, 3.63) is 54.1 Å². The number of hydrogen-bond acceptors (Lipinski definition) is 7. The third kappa shape index (κ3) is 3.68. The van der Waals surface area contributed by atoms with E-state index in [4.69, 9.17) is 4.74 Å². The number of methoxy groups -OCH3 is 1. The highest BCUT2D eigenvalue weighted by molar-refractivity contribution is 6.01. The van der Waals surface area contributed by atoms with Gasteiger partial charge in [-0.1, -0.05) is 0 Å². The van der Waals surface area contributed by atoms with Crippen LogP contribution in [0.15, 0.2) is 42.9 Å². The molecule has 0 aromatic carbocycles. The summed E-state index contributed by atoms with van der Waals surface area (Å²) in [6, 6.07) is 7.19. The fourth-order valence-electron chi connectivity index (χ4n) is 3.97. The van der Waals surface area contributed by atoms with E-state index in [0.29, 0.717) is 53.8 Å². The smallest absolute Gasteiger partial charge is 0.245 e. The number of carbonyl (C=O) groups excluding carboxylic acids is 1. The van der Waals surface area contributed by atoms with Gasteiger partial charge in [0, 0.05) is 44.0 Å². The first-order chi connectivity index (χ1) is 15.5. The molecule has 1 aliphatic rings. The number of anilines is 1. The monoisotopic (exact) mass is 435 g/mol. The summed E-state index contributed by atoms with van der Waals surface area (Å²) in [4.78, 5) is 23.9. The van der Waals surface area contributed by atoms with Crippen LogP contribution in [0.3, 0.4) is 0 Å². The van der Waals surface area contributed by atoms with Crippen LogP contribution in [0.5, 0.6) is 5.75 Å². The Hall–Kier alpha value is -3.82. The Morgan fingerprint density at radius 1 is 1.31 bits per heavy atom. The van der Waals surface area contributed by atoms with Crippen LogP contribution in [0.2, 0.25) is 0 Å². The minimum Gasteiger partial charge on any atom is -0.497 e. The van der Waals surface area contributed by atoms with Gasteiger partial charge in [0.15, 0.2) is 11.4 Å². The van der Waals surface area contributed by atoms with Gasteiger partial charge >= 0.3 is 0 Å². The second-order valence-electron chi connectivity index (χ2n) is 7.79. The molecule has 1 aliphatic heterocycles. The van der Waals surface area contributed by atoms with E-state index in [1.165, 1.54) is 0 Å². The number of halogens is 1. The number of pyridine rings is 2. The van der Waals surface area contributed by atoms with Gasteiger partial charge in [-0.2, -0.15) is 10.1 Å². The van der Waals surface area contributed by atoms with Crippen LogP contribution in [0.25, 0.3) is 16.9 Å². The van der Waals surface area contributed by atoms with Crippen molar-refractivity contribution in [3.63, 3.8) is 0 Å². The average Bonchev–Trinajstić information content (AvgIpc) is 3.51. The number of ketones is 1. The quantitative estimate of drug-likeness (QED) is 0.430. The van der Waals surface area contributed by atoms with Gasteiger partial charge in [-0.25, -0.2) is 8.91 Å². The second-order valence-corrected chi connectivity index (χ2v) is 7.79. The van der Waals surface area contributed by atoms with Crippen molar-refractivity contribution in [1.29, 1.82) is 0 Å². The van der Waals surface area contributed by atoms with Gasteiger partial charge in [0.2, 0.25) is 5.95 Å². The number of Topliss-reactive ketones (excluding diaryl/α,β-unsaturated/α-hetero) is 1. The summed E-state index contributed by atoms with van der Waals surface area (Å²) in [5.41, 5.74) is 3.16. The summed E-state index contributed by atoms with van der Waals surface area (Å²) in [5.74, 6) is 1.07. The first-order valence-electron chi connectivity index (χ1n) is 10.3. The van der Waals surface area contributed by atoms with Crippen molar-refractivity contribution in [3.8, 4) is 17.0 Å². The number of ether oxygens (including phenoxy) is 1. The molecule has 4 aromatic rings. The lowest BCUT2D eigenvalue weighted by Crippen LogP contribution is -2.21. The number of carbonyl (C=O) groups is 1. The van der Waals surface area contributed by atoms with Gasteiger partial charge in [0.1, 0.15) is 17.6 Å². The van der Waals surface area contributed by atoms with Crippen molar-refractivity contribution in [2.45, 2.75) is 19.0 Å². The molecule has 1 fully saturated rings. The van der Waals surface area contributed by atoms with Crippen molar-refractivity contribution in [2.75, 3.05) is 25.1 Å². The van der Waals surface area contributed by atoms with Gasteiger partial charge in [0.05, 0.1) is 25.5 Å². The Morgan fingerprint density at radius 3 is 2.97 bits per heavy atom. The number of aryl methyl sites for hydroxylation is 1. The molecule has 0 spiro atoms. The molecule has 5 rings (SSSR count). The van der Waals surface area contributed by atoms with Gasteiger partial charge in [-0.05, 0) is 30.2 Å². The van der Waals surface area contributed by atoms with Crippen molar-refractivity contribution in [1.82, 2.24) is 29.4 Å². The van der Waals surface area contributed by atoms with Gasteiger partial charge in [-0.15, -0.1) is 5.10 Å². The molecule has 0 saturated carbocycles. The van der Waals surface area contributed by atoms with E-state index in [1.54, 1.807) is 54.1 Å². The zero-order chi connectivity index (χ0) is 22.2. The van der Waals surface area contributed by atoms with Crippen LogP contribution in [0, 0.1) is 0 Å². The third-order valence-electron chi connectivity index (χ3n) is 5.61. The summed E-state index contributed by atoms with van der Waals surface area (Å²) in [7, 11) is 3.32. The van der Waals surface area contributed by atoms with E-state index in [1.807, 2.05) is 17.0 Å². The molecule has 0 N–H and O–H groups in total. The number of aromatic nitrogens is 6. The van der Waals surface area contributed by atoms with Crippen LogP contribution in [-0.4, -0.2) is 61.5 Å². The van der Waals surface area contributed by atoms with Crippen molar-refractivity contribution >= 4 is 17.4 Å². The molecule has 0 unspecified atom stereocenters. The fourth-order valence-corrected chi connectivity index (χ4v) is 3.97. The number of rotatable bonds is 6. The standard InChI is InChI=1S/C22H22FN7O2/c1-28-21(17(12-25-28)18-11-16(32-2)3-6-24-18)19(31)9-14-4-8-30-20(10-14)26-22(27-30)29-7-5-15(23)13-29/h3-4,6,8,10-12,15H,5,7,9,13H2,1-2H3/t15-/m0/s1. The number of nitrogens with zero attached hydrogens (tertiary/aromatic N) is 7. The summed E-state index contributed by atoms with van der Waals surface area (Å²) in [6.45, 7) is 0.911. The highest BCUT2D eigenvalue weighted by Gasteiger charge is 2.25. The topological polar surface area (TPSA) is 90.4 Å². The Labute approximate surface area is 183 Å². The van der Waals surface area contributed by atoms with Gasteiger partial charge < -0.3 is 9.64 Å². The fraction of sp³-hybridized carbons (Fsp3) is 0.318. The number of hydrogen-bond donors (Lipinski definition) is 0. The number of alkyl halides is 1. The molecule has 1 saturated heterocycles. The van der Waals surface area contributed by atoms with Gasteiger partial charge in [-0.3, -0.25) is 14.5 Å². The first kappa shape index (κ1) is 20.1. The van der Waals surface area contributed by atoms with E-state index in [0.717, 1.165) is 5.56 Å². The zero-order valence-corrected chi connectivity index (χ0v) is 17.8. The largest absolute Gasteiger partial charge is 0.497 e. The zero-order valence-electron chi connectivity index (χ0n) is 17.8. The van der Waals surface area contributed by atoms with Crippen LogP contribution >= 0.6 is 0 Å². The lowest BCUT2D eigenvalue weighted by molar-refractivity contribution is 0.0984. The predicted octanol–water partition coefficient (Wildman–Crippen LogP) is 2.51. The highest BCUT2D eigenvalue weighted by atomic mass is 19.1. The molecular weight excluding hydrogens is 413 g/mol. The third-order valence-corrected chi connectivity index (χ3v) is 5.61. The van der Waals surface area contributed by atoms with E-state index < -0.39 is 6.17 Å². The van der Waals surface area contributed by atoms with Crippen LogP contribution in [0.1, 0.15) is 22.5 Å². The lowest BCUT2D eigenvalue weighted by atomic mass is 10.0. The normalized spacial score (nSPS) is 16.1. The summed E-state index contributed by atoms with van der Waals surface area (Å²) in [6.07, 6.45) is 4.86. The Balaban J connectivity index is 1.41. The highest BCUT2D eigenvalue weighted by Crippen LogP contribution is 2.26. The maximum absolute atomic E-state index is 13.5. The Kier molecular flexibility index (Phi) is 5.04. The molecule has 9 nitrogen and oxygen atoms in total. The lowest BCUT2D eigenvalue weighted by Gasteiger charge is -2.10. The summed E-state index contributed by atoms with van der Waals surface area (Å²) < 4.78 is 22.0. The molecule has 4 aromatic heterocycles. The van der Waals surface area contributed by atoms with E-state index in [2.05, 4.69) is 20.2 Å². The van der Waals surface area contributed by atoms with Crippen molar-refractivity contribution in [2.24, 2.45) is 7.05 Å². The molecule has 0 aliphatic carbocycles. The predicted molar refractivity (Wildman–Crippen MR) is 116 cm³/mol. The Bertz CT molecular complexity index is 1300. The minimum absolute atomic E-state index is 0.0893. The second kappa shape index (κ2) is 8.03. The molecular formula is C22H22FN7O2. The first-order valence-corrected chi connectivity index (χ1v) is 10.3. The SMILES string of the molecule is COc1ccnc(-c2cnn(C)c2C(=O)Cc2ccn3nc(N4CC[C@H](F)C4)nc3c2)c1. The van der Waals surface area contributed by atoms with Crippen LogP contribution in [0.4, 0.5) is 10.3 Å². The molecule has 1 atom stereocenters. The molecule has 5 heterocycles. The number of fused-ring (bicyclic) bond motifs is 1. The van der Waals surface area contributed by atoms with Gasteiger partial charge in [0.25, 0.3) is 0 Å². The molecule has 32 heavy (non-hydrogen) atoms. The molecule has 0 amide bonds. The molecule has 0 bridgehead atoms. The maximum Gasteiger partial charge on any atom is 0.245 e. The van der Waals surface area contributed by atoms with Crippen LogP contribution < -0.4 is 9.64 Å². The van der Waals surface area contributed by atoms with E-state index in [-0.39, 0.29) is 12.2 Å². The van der Waals surface area contributed by atoms with E-state index in [9.17, 15) is 9.18 Å². The van der Waals surface area contributed by atoms with E-state index >= 15 is 0 Å².